The Morgan fingerprint density at radius 1 is 1.00 bits per heavy atom. The number of nitrogens with one attached hydrogen (secondary N) is 1. The number of hydrogen-bond donors (Lipinski definition) is 1. The third-order valence-corrected chi connectivity index (χ3v) is 8.07. The second-order valence-electron chi connectivity index (χ2n) is 14.2. The summed E-state index contributed by atoms with van der Waals surface area (Å²) in [4.78, 5) is 20.7. The van der Waals surface area contributed by atoms with Gasteiger partial charge in [-0.15, -0.1) is 0 Å². The van der Waals surface area contributed by atoms with Crippen LogP contribution in [0.1, 0.15) is 149 Å². The Morgan fingerprint density at radius 3 is 1.98 bits per heavy atom. The fourth-order valence-electron chi connectivity index (χ4n) is 4.76. The van der Waals surface area contributed by atoms with Crippen LogP contribution in [0, 0.1) is 32.6 Å². The van der Waals surface area contributed by atoms with Crippen LogP contribution in [0.2, 0.25) is 0 Å². The van der Waals surface area contributed by atoms with Gasteiger partial charge in [0.25, 0.3) is 0 Å². The van der Waals surface area contributed by atoms with Gasteiger partial charge in [0.2, 0.25) is 0 Å². The molecule has 1 aromatic carbocycles. The molecule has 3 rings (SSSR count). The van der Waals surface area contributed by atoms with E-state index in [1.165, 1.54) is 47.9 Å². The molecule has 0 heterocycles. The molecular formula is C39H66FNO3. The second-order valence-corrected chi connectivity index (χ2v) is 14.2. The number of alkyl halides is 1. The normalized spacial score (nSPS) is 15.5. The number of aryl methyl sites for hydroxylation is 2. The quantitative estimate of drug-likeness (QED) is 0.301. The lowest BCUT2D eigenvalue weighted by atomic mass is 9.82. The number of rotatable bonds is 9. The molecule has 44 heavy (non-hydrogen) atoms. The van der Waals surface area contributed by atoms with Crippen LogP contribution in [0.5, 0.6) is 0 Å². The Morgan fingerprint density at radius 2 is 1.57 bits per heavy atom. The molecule has 0 bridgehead atoms. The van der Waals surface area contributed by atoms with Gasteiger partial charge in [0.05, 0.1) is 0 Å². The minimum absolute atomic E-state index is 0.255. The molecule has 252 valence electrons. The maximum absolute atomic E-state index is 13.4. The Balaban J connectivity index is 0.000000595. The lowest BCUT2D eigenvalue weighted by Gasteiger charge is -2.23. The van der Waals surface area contributed by atoms with E-state index in [4.69, 9.17) is 4.74 Å². The molecule has 0 spiro atoms. The van der Waals surface area contributed by atoms with E-state index in [1.807, 2.05) is 34.6 Å². The van der Waals surface area contributed by atoms with E-state index in [1.54, 1.807) is 26.3 Å². The first-order valence-corrected chi connectivity index (χ1v) is 16.9. The SMILES string of the molecule is CC(C)(F)C1=CC(C2CC2)=CC1.CCC(C)=O.CCCC(C)C(C)c1cc(C)cc(C)c1C.CCCNC(=O)OC(C)(C)C. The highest BCUT2D eigenvalue weighted by Crippen LogP contribution is 2.42. The molecule has 1 fully saturated rings. The van der Waals surface area contributed by atoms with E-state index in [2.05, 4.69) is 71.1 Å². The molecule has 1 N–H and O–H groups in total. The minimum atomic E-state index is -1.12. The summed E-state index contributed by atoms with van der Waals surface area (Å²) in [6.45, 7) is 28.6. The van der Waals surface area contributed by atoms with Crippen LogP contribution in [0.4, 0.5) is 9.18 Å². The lowest BCUT2D eigenvalue weighted by Crippen LogP contribution is -2.32. The molecule has 0 aromatic heterocycles. The highest BCUT2D eigenvalue weighted by atomic mass is 19.1. The summed E-state index contributed by atoms with van der Waals surface area (Å²) in [5, 5.41) is 2.63. The van der Waals surface area contributed by atoms with Gasteiger partial charge in [0, 0.05) is 13.0 Å². The van der Waals surface area contributed by atoms with Gasteiger partial charge in [-0.3, -0.25) is 0 Å². The van der Waals surface area contributed by atoms with Crippen LogP contribution in [0.3, 0.4) is 0 Å². The maximum Gasteiger partial charge on any atom is 0.407 e. The van der Waals surface area contributed by atoms with Gasteiger partial charge in [-0.1, -0.05) is 77.3 Å². The molecule has 1 amide bonds. The minimum Gasteiger partial charge on any atom is -0.444 e. The predicted molar refractivity (Wildman–Crippen MR) is 187 cm³/mol. The van der Waals surface area contributed by atoms with Crippen molar-refractivity contribution in [1.29, 1.82) is 0 Å². The van der Waals surface area contributed by atoms with Crippen molar-refractivity contribution < 1.29 is 18.7 Å². The predicted octanol–water partition coefficient (Wildman–Crippen LogP) is 11.5. The number of allylic oxidation sites excluding steroid dienone is 4. The zero-order chi connectivity index (χ0) is 34.3. The van der Waals surface area contributed by atoms with E-state index in [0.717, 1.165) is 30.3 Å². The standard InChI is InChI=1S/C16H26.C11H15F.C8H17NO2.C4H8O/c1-7-8-12(3)14(5)16-10-11(2)9-13(4)15(16)6;1-11(2,12)10-6-5-9(7-10)8-3-4-8;1-5-6-9-7(10)11-8(2,3)4;1-3-4(2)5/h9-10,12,14H,7-8H2,1-6H3;5,7-8H,3-4,6H2,1-2H3;5-6H2,1-4H3,(H,9,10);3H2,1-2H3. The van der Waals surface area contributed by atoms with Gasteiger partial charge in [0.15, 0.2) is 0 Å². The molecule has 5 heteroatoms. The Bertz CT molecular complexity index is 1080. The highest BCUT2D eigenvalue weighted by Gasteiger charge is 2.30. The number of halogens is 1. The third kappa shape index (κ3) is 17.8. The number of Topliss-reactive ketones (excluding diaryl/α,β-unsaturated/α-hetero) is 1. The van der Waals surface area contributed by atoms with Gasteiger partial charge in [0.1, 0.15) is 17.1 Å². The smallest absolute Gasteiger partial charge is 0.407 e. The number of amides is 1. The van der Waals surface area contributed by atoms with E-state index in [-0.39, 0.29) is 11.9 Å². The Hall–Kier alpha value is -2.43. The fraction of sp³-hybridized carbons (Fsp3) is 0.692. The monoisotopic (exact) mass is 616 g/mol. The van der Waals surface area contributed by atoms with Crippen molar-refractivity contribution in [2.45, 2.75) is 159 Å². The van der Waals surface area contributed by atoms with Gasteiger partial charge < -0.3 is 14.8 Å². The van der Waals surface area contributed by atoms with Gasteiger partial charge in [-0.25, -0.2) is 9.18 Å². The van der Waals surface area contributed by atoms with Crippen LogP contribution in [0.15, 0.2) is 35.4 Å². The first-order valence-electron chi connectivity index (χ1n) is 16.9. The second kappa shape index (κ2) is 19.9. The summed E-state index contributed by atoms with van der Waals surface area (Å²) in [6, 6.07) is 4.66. The van der Waals surface area contributed by atoms with Crippen LogP contribution >= 0.6 is 0 Å². The Labute approximate surface area is 270 Å². The number of ether oxygens (including phenoxy) is 1. The first-order chi connectivity index (χ1) is 20.3. The Kier molecular flexibility index (Phi) is 18.8. The molecule has 1 saturated carbocycles. The third-order valence-electron chi connectivity index (χ3n) is 8.07. The van der Waals surface area contributed by atoms with Crippen LogP contribution in [0.25, 0.3) is 0 Å². The zero-order valence-electron chi connectivity index (χ0n) is 30.8. The summed E-state index contributed by atoms with van der Waals surface area (Å²) in [7, 11) is 0. The molecule has 0 aliphatic heterocycles. The molecule has 4 nitrogen and oxygen atoms in total. The number of alkyl carbamates (subject to hydrolysis) is 1. The van der Waals surface area contributed by atoms with Crippen molar-refractivity contribution in [3.05, 3.63) is 57.7 Å². The average Bonchev–Trinajstić information content (AvgIpc) is 3.63. The van der Waals surface area contributed by atoms with Crippen LogP contribution in [-0.4, -0.2) is 29.7 Å². The topological polar surface area (TPSA) is 55.4 Å². The van der Waals surface area contributed by atoms with Crippen molar-refractivity contribution in [2.24, 2.45) is 11.8 Å². The molecule has 2 unspecified atom stereocenters. The summed E-state index contributed by atoms with van der Waals surface area (Å²) < 4.78 is 18.4. The highest BCUT2D eigenvalue weighted by molar-refractivity contribution is 5.74. The number of carbonyl (C=O) groups excluding carboxylic acids is 2. The van der Waals surface area contributed by atoms with Gasteiger partial charge in [-0.05, 0) is 134 Å². The van der Waals surface area contributed by atoms with Crippen LogP contribution < -0.4 is 5.32 Å². The van der Waals surface area contributed by atoms with E-state index < -0.39 is 11.3 Å². The molecule has 2 atom stereocenters. The average molecular weight is 616 g/mol. The molecular weight excluding hydrogens is 549 g/mol. The molecule has 0 saturated heterocycles. The lowest BCUT2D eigenvalue weighted by molar-refractivity contribution is -0.116. The fourth-order valence-corrected chi connectivity index (χ4v) is 4.76. The summed E-state index contributed by atoms with van der Waals surface area (Å²) in [5.41, 5.74) is 6.70. The van der Waals surface area contributed by atoms with Gasteiger partial charge >= 0.3 is 6.09 Å². The summed E-state index contributed by atoms with van der Waals surface area (Å²) >= 11 is 0. The van der Waals surface area contributed by atoms with Crippen molar-refractivity contribution in [3.8, 4) is 0 Å². The molecule has 2 aliphatic rings. The number of benzene rings is 1. The van der Waals surface area contributed by atoms with Crippen molar-refractivity contribution in [3.63, 3.8) is 0 Å². The summed E-state index contributed by atoms with van der Waals surface area (Å²) in [6.07, 6.45) is 11.6. The number of hydrogen-bond acceptors (Lipinski definition) is 3. The molecule has 0 radical (unpaired) electrons. The van der Waals surface area contributed by atoms with E-state index in [0.29, 0.717) is 18.9 Å². The largest absolute Gasteiger partial charge is 0.444 e. The molecule has 1 aromatic rings. The number of carbonyl (C=O) groups is 2. The van der Waals surface area contributed by atoms with Crippen molar-refractivity contribution in [2.75, 3.05) is 6.54 Å². The summed E-state index contributed by atoms with van der Waals surface area (Å²) in [5.74, 6) is 2.48. The van der Waals surface area contributed by atoms with Crippen LogP contribution in [-0.2, 0) is 9.53 Å². The molecule has 2 aliphatic carbocycles. The number of ketones is 1. The maximum atomic E-state index is 13.4. The van der Waals surface area contributed by atoms with Gasteiger partial charge in [-0.2, -0.15) is 0 Å². The van der Waals surface area contributed by atoms with E-state index >= 15 is 0 Å². The van der Waals surface area contributed by atoms with E-state index in [9.17, 15) is 14.0 Å². The van der Waals surface area contributed by atoms with Crippen molar-refractivity contribution in [1.82, 2.24) is 5.32 Å². The zero-order valence-corrected chi connectivity index (χ0v) is 30.8. The first kappa shape index (κ1) is 41.6. The van der Waals surface area contributed by atoms with Crippen molar-refractivity contribution >= 4 is 11.9 Å².